The van der Waals surface area contributed by atoms with Gasteiger partial charge in [-0.2, -0.15) is 0 Å². The van der Waals surface area contributed by atoms with E-state index in [2.05, 4.69) is 11.2 Å². The van der Waals surface area contributed by atoms with Gasteiger partial charge in [0.2, 0.25) is 0 Å². The first-order valence-electron chi connectivity index (χ1n) is 1.90. The van der Waals surface area contributed by atoms with Crippen molar-refractivity contribution >= 4 is 0 Å². The van der Waals surface area contributed by atoms with Crippen LogP contribution < -0.4 is 0 Å². The minimum atomic E-state index is 1.23. The molecule has 0 unspecified atom stereocenters. The number of hydrogen-bond donors (Lipinski definition) is 1. The minimum absolute atomic E-state index is 1.23. The summed E-state index contributed by atoms with van der Waals surface area (Å²) >= 11 is 0. The number of hydrogen-bond acceptors (Lipinski definition) is 0. The Labute approximate surface area is 37.0 Å². The van der Waals surface area contributed by atoms with Gasteiger partial charge in [0, 0.05) is 6.20 Å². The molecule has 0 saturated heterocycles. The molecule has 1 aromatic heterocycles. The van der Waals surface area contributed by atoms with Crippen LogP contribution in [0.15, 0.2) is 12.3 Å². The normalized spacial score (nSPS) is 8.83. The second kappa shape index (κ2) is 1.17. The SMILES string of the molecule is Cc1c[c][nH]c1. The summed E-state index contributed by atoms with van der Waals surface area (Å²) in [6, 6.07) is 1.90. The number of nitrogens with one attached hydrogen (secondary N) is 1. The largest absolute Gasteiger partial charge is 0.360 e. The Bertz CT molecular complexity index is 107. The summed E-state index contributed by atoms with van der Waals surface area (Å²) in [5, 5.41) is 0. The van der Waals surface area contributed by atoms with Crippen molar-refractivity contribution in [2.45, 2.75) is 6.92 Å². The van der Waals surface area contributed by atoms with Gasteiger partial charge < -0.3 is 4.98 Å². The zero-order valence-electron chi connectivity index (χ0n) is 3.65. The minimum Gasteiger partial charge on any atom is -0.360 e. The molecule has 0 bridgehead atoms. The molecule has 0 aromatic carbocycles. The molecule has 0 atom stereocenters. The molecule has 1 heterocycles. The summed E-state index contributed by atoms with van der Waals surface area (Å²) in [4.78, 5) is 2.80. The summed E-state index contributed by atoms with van der Waals surface area (Å²) in [6.45, 7) is 2.02. The molecule has 1 rings (SSSR count). The molecule has 1 radical (unpaired) electrons. The molecule has 1 aromatic rings. The summed E-state index contributed by atoms with van der Waals surface area (Å²) < 4.78 is 0. The zero-order valence-corrected chi connectivity index (χ0v) is 3.65. The van der Waals surface area contributed by atoms with Crippen LogP contribution in [0.2, 0.25) is 0 Å². The van der Waals surface area contributed by atoms with E-state index in [1.165, 1.54) is 5.56 Å². The van der Waals surface area contributed by atoms with Crippen molar-refractivity contribution in [1.82, 2.24) is 4.98 Å². The number of aromatic nitrogens is 1. The topological polar surface area (TPSA) is 15.8 Å². The molecule has 1 nitrogen and oxygen atoms in total. The van der Waals surface area contributed by atoms with Gasteiger partial charge in [-0.3, -0.25) is 0 Å². The predicted octanol–water partition coefficient (Wildman–Crippen LogP) is 1.12. The number of rotatable bonds is 0. The molecule has 1 N–H and O–H groups in total. The Hall–Kier alpha value is -0.720. The highest BCUT2D eigenvalue weighted by Gasteiger charge is 1.74. The molecule has 0 aliphatic carbocycles. The van der Waals surface area contributed by atoms with Crippen LogP contribution >= 0.6 is 0 Å². The van der Waals surface area contributed by atoms with Crippen molar-refractivity contribution in [1.29, 1.82) is 0 Å². The molecule has 0 spiro atoms. The maximum absolute atomic E-state index is 2.80. The molecule has 6 heavy (non-hydrogen) atoms. The van der Waals surface area contributed by atoms with Crippen molar-refractivity contribution < 1.29 is 0 Å². The molecule has 0 fully saturated rings. The van der Waals surface area contributed by atoms with E-state index >= 15 is 0 Å². The maximum Gasteiger partial charge on any atom is 0.0622 e. The Morgan fingerprint density at radius 1 is 1.83 bits per heavy atom. The quantitative estimate of drug-likeness (QED) is 0.480. The van der Waals surface area contributed by atoms with E-state index in [0.717, 1.165) is 0 Å². The third-order valence-electron chi connectivity index (χ3n) is 0.683. The number of aryl methyl sites for hydroxylation is 1. The molecular weight excluding hydrogens is 74.1 g/mol. The van der Waals surface area contributed by atoms with Crippen molar-refractivity contribution in [2.75, 3.05) is 0 Å². The highest BCUT2D eigenvalue weighted by atomic mass is 14.6. The Morgan fingerprint density at radius 3 is 2.83 bits per heavy atom. The van der Waals surface area contributed by atoms with Gasteiger partial charge in [-0.25, -0.2) is 0 Å². The van der Waals surface area contributed by atoms with Gasteiger partial charge in [0.15, 0.2) is 0 Å². The van der Waals surface area contributed by atoms with Gasteiger partial charge in [0.05, 0.1) is 6.20 Å². The summed E-state index contributed by atoms with van der Waals surface area (Å²) in [5.41, 5.74) is 1.23. The summed E-state index contributed by atoms with van der Waals surface area (Å²) in [7, 11) is 0. The maximum atomic E-state index is 2.80. The molecule has 1 heteroatoms. The first-order valence-corrected chi connectivity index (χ1v) is 1.90. The first-order chi connectivity index (χ1) is 2.89. The van der Waals surface area contributed by atoms with Crippen LogP contribution in [0.5, 0.6) is 0 Å². The van der Waals surface area contributed by atoms with E-state index < -0.39 is 0 Å². The van der Waals surface area contributed by atoms with Gasteiger partial charge in [-0.15, -0.1) is 0 Å². The summed E-state index contributed by atoms with van der Waals surface area (Å²) in [5.74, 6) is 0. The van der Waals surface area contributed by atoms with E-state index in [4.69, 9.17) is 0 Å². The number of aromatic amines is 1. The van der Waals surface area contributed by atoms with Crippen LogP contribution in [0.3, 0.4) is 0 Å². The van der Waals surface area contributed by atoms with E-state index in [0.29, 0.717) is 0 Å². The molecule has 0 amide bonds. The van der Waals surface area contributed by atoms with Crippen molar-refractivity contribution in [2.24, 2.45) is 0 Å². The van der Waals surface area contributed by atoms with Crippen molar-refractivity contribution in [3.8, 4) is 0 Å². The fraction of sp³-hybridized carbons (Fsp3) is 0.200. The third-order valence-corrected chi connectivity index (χ3v) is 0.683. The second-order valence-corrected chi connectivity index (χ2v) is 1.32. The van der Waals surface area contributed by atoms with Crippen LogP contribution in [0.1, 0.15) is 5.56 Å². The molecule has 0 aliphatic rings. The van der Waals surface area contributed by atoms with E-state index in [-0.39, 0.29) is 0 Å². The Balaban J connectivity index is 3.05. The van der Waals surface area contributed by atoms with Crippen LogP contribution in [-0.4, -0.2) is 4.98 Å². The molecule has 0 saturated carbocycles. The second-order valence-electron chi connectivity index (χ2n) is 1.32. The van der Waals surface area contributed by atoms with Gasteiger partial charge in [0.25, 0.3) is 0 Å². The average molecular weight is 80.1 g/mol. The van der Waals surface area contributed by atoms with Crippen molar-refractivity contribution in [3.63, 3.8) is 0 Å². The monoisotopic (exact) mass is 80.1 g/mol. The Kier molecular flexibility index (Phi) is 0.675. The van der Waals surface area contributed by atoms with Gasteiger partial charge in [-0.05, 0) is 18.6 Å². The lowest BCUT2D eigenvalue weighted by Gasteiger charge is -1.65. The van der Waals surface area contributed by atoms with Crippen LogP contribution in [0.25, 0.3) is 0 Å². The molecular formula is C5H6N. The fourth-order valence-electron chi connectivity index (χ4n) is 0.353. The zero-order chi connectivity index (χ0) is 4.41. The smallest absolute Gasteiger partial charge is 0.0622 e. The lowest BCUT2D eigenvalue weighted by atomic mass is 10.4. The summed E-state index contributed by atoms with van der Waals surface area (Å²) in [6.07, 6.45) is 4.71. The third kappa shape index (κ3) is 0.432. The predicted molar refractivity (Wildman–Crippen MR) is 24.4 cm³/mol. The van der Waals surface area contributed by atoms with Gasteiger partial charge >= 0.3 is 0 Å². The van der Waals surface area contributed by atoms with Crippen LogP contribution in [-0.2, 0) is 0 Å². The van der Waals surface area contributed by atoms with E-state index in [1.807, 2.05) is 19.2 Å². The molecule has 0 aliphatic heterocycles. The number of H-pyrrole nitrogens is 1. The first kappa shape index (κ1) is 3.47. The van der Waals surface area contributed by atoms with Crippen LogP contribution in [0, 0.1) is 13.1 Å². The Morgan fingerprint density at radius 2 is 2.67 bits per heavy atom. The van der Waals surface area contributed by atoms with E-state index in [9.17, 15) is 0 Å². The standard InChI is InChI=1S/C5H6N/c1-5-2-3-6-4-5/h2,4,6H,1H3. The molecule has 31 valence electrons. The highest BCUT2D eigenvalue weighted by molar-refractivity contribution is 5.02. The van der Waals surface area contributed by atoms with Gasteiger partial charge in [0.1, 0.15) is 0 Å². The van der Waals surface area contributed by atoms with Crippen molar-refractivity contribution in [3.05, 3.63) is 24.0 Å². The highest BCUT2D eigenvalue weighted by Crippen LogP contribution is 1.87. The van der Waals surface area contributed by atoms with Gasteiger partial charge in [-0.1, -0.05) is 0 Å². The average Bonchev–Trinajstić information content (AvgIpc) is 1.86. The lowest BCUT2D eigenvalue weighted by Crippen LogP contribution is -1.50. The fourth-order valence-corrected chi connectivity index (χ4v) is 0.353. The van der Waals surface area contributed by atoms with Crippen LogP contribution in [0.4, 0.5) is 0 Å². The lowest BCUT2D eigenvalue weighted by molar-refractivity contribution is 1.38. The van der Waals surface area contributed by atoms with E-state index in [1.54, 1.807) is 0 Å².